The molecule has 0 fully saturated rings. The van der Waals surface area contributed by atoms with Crippen molar-refractivity contribution in [1.82, 2.24) is 14.7 Å². The molecule has 1 amide bonds. The van der Waals surface area contributed by atoms with Crippen LogP contribution < -0.4 is 10.3 Å². The van der Waals surface area contributed by atoms with Crippen molar-refractivity contribution in [2.24, 2.45) is 0 Å². The molecule has 0 bridgehead atoms. The van der Waals surface area contributed by atoms with Crippen molar-refractivity contribution < 1.29 is 9.53 Å². The minimum absolute atomic E-state index is 0.138. The standard InChI is InChI=1S/C17H21N3O3/c1-5-19(6-2)17(22)16-14(23-4)11-15(21)20(18-16)13-10-8-7-9-12(13)3/h7-11H,5-6H2,1-4H3. The van der Waals surface area contributed by atoms with Crippen molar-refractivity contribution in [2.45, 2.75) is 20.8 Å². The van der Waals surface area contributed by atoms with Crippen LogP contribution in [-0.4, -0.2) is 40.8 Å². The van der Waals surface area contributed by atoms with E-state index in [-0.39, 0.29) is 22.9 Å². The smallest absolute Gasteiger partial charge is 0.278 e. The van der Waals surface area contributed by atoms with Crippen LogP contribution in [0.2, 0.25) is 0 Å². The minimum Gasteiger partial charge on any atom is -0.494 e. The SMILES string of the molecule is CCN(CC)C(=O)c1nn(-c2ccccc2C)c(=O)cc1OC. The van der Waals surface area contributed by atoms with Gasteiger partial charge in [-0.15, -0.1) is 0 Å². The number of carbonyl (C=O) groups is 1. The topological polar surface area (TPSA) is 64.4 Å². The number of carbonyl (C=O) groups excluding carboxylic acids is 1. The third kappa shape index (κ3) is 3.26. The van der Waals surface area contributed by atoms with Gasteiger partial charge in [0, 0.05) is 13.1 Å². The second-order valence-electron chi connectivity index (χ2n) is 5.08. The third-order valence-corrected chi connectivity index (χ3v) is 3.71. The Bertz CT molecular complexity index is 764. The average Bonchev–Trinajstić information content (AvgIpc) is 2.56. The molecule has 0 N–H and O–H groups in total. The zero-order valence-electron chi connectivity index (χ0n) is 13.9. The molecule has 6 heteroatoms. The number of para-hydroxylation sites is 1. The highest BCUT2D eigenvalue weighted by Gasteiger charge is 2.22. The zero-order chi connectivity index (χ0) is 17.0. The van der Waals surface area contributed by atoms with Gasteiger partial charge in [-0.1, -0.05) is 18.2 Å². The van der Waals surface area contributed by atoms with Gasteiger partial charge in [-0.05, 0) is 32.4 Å². The number of aromatic nitrogens is 2. The van der Waals surface area contributed by atoms with Crippen molar-refractivity contribution in [2.75, 3.05) is 20.2 Å². The molecule has 0 unspecified atom stereocenters. The van der Waals surface area contributed by atoms with Crippen molar-refractivity contribution in [1.29, 1.82) is 0 Å². The summed E-state index contributed by atoms with van der Waals surface area (Å²) in [5.74, 6) is -0.0640. The first-order valence-electron chi connectivity index (χ1n) is 7.57. The summed E-state index contributed by atoms with van der Waals surface area (Å²) < 4.78 is 6.43. The number of hydrogen-bond donors (Lipinski definition) is 0. The van der Waals surface area contributed by atoms with E-state index >= 15 is 0 Å². The molecule has 6 nitrogen and oxygen atoms in total. The summed E-state index contributed by atoms with van der Waals surface area (Å²) >= 11 is 0. The lowest BCUT2D eigenvalue weighted by Crippen LogP contribution is -2.34. The largest absolute Gasteiger partial charge is 0.494 e. The molecule has 1 aromatic carbocycles. The second kappa shape index (κ2) is 7.09. The maximum atomic E-state index is 12.6. The van der Waals surface area contributed by atoms with Crippen LogP contribution in [0.15, 0.2) is 35.1 Å². The van der Waals surface area contributed by atoms with Crippen LogP contribution in [-0.2, 0) is 0 Å². The Labute approximate surface area is 135 Å². The van der Waals surface area contributed by atoms with Crippen LogP contribution in [0.25, 0.3) is 5.69 Å². The van der Waals surface area contributed by atoms with Gasteiger partial charge in [0.2, 0.25) is 0 Å². The van der Waals surface area contributed by atoms with Gasteiger partial charge in [0.1, 0.15) is 0 Å². The van der Waals surface area contributed by atoms with E-state index in [1.165, 1.54) is 17.9 Å². The fraction of sp³-hybridized carbons (Fsp3) is 0.353. The minimum atomic E-state index is -0.341. The van der Waals surface area contributed by atoms with E-state index in [0.29, 0.717) is 18.8 Å². The van der Waals surface area contributed by atoms with Crippen LogP contribution in [0.5, 0.6) is 5.75 Å². The van der Waals surface area contributed by atoms with E-state index in [9.17, 15) is 9.59 Å². The molecule has 0 radical (unpaired) electrons. The van der Waals surface area contributed by atoms with Gasteiger partial charge in [-0.2, -0.15) is 9.78 Å². The summed E-state index contributed by atoms with van der Waals surface area (Å²) in [6.07, 6.45) is 0. The first kappa shape index (κ1) is 16.7. The number of methoxy groups -OCH3 is 1. The van der Waals surface area contributed by atoms with Gasteiger partial charge in [-0.25, -0.2) is 0 Å². The van der Waals surface area contributed by atoms with E-state index in [4.69, 9.17) is 4.74 Å². The van der Waals surface area contributed by atoms with Crippen molar-refractivity contribution in [3.05, 3.63) is 51.9 Å². The van der Waals surface area contributed by atoms with Crippen molar-refractivity contribution >= 4 is 5.91 Å². The number of nitrogens with zero attached hydrogens (tertiary/aromatic N) is 3. The van der Waals surface area contributed by atoms with Crippen molar-refractivity contribution in [3.63, 3.8) is 0 Å². The Kier molecular flexibility index (Phi) is 5.16. The van der Waals surface area contributed by atoms with Gasteiger partial charge in [0.25, 0.3) is 11.5 Å². The Balaban J connectivity index is 2.64. The third-order valence-electron chi connectivity index (χ3n) is 3.71. The fourth-order valence-electron chi connectivity index (χ4n) is 2.38. The van der Waals surface area contributed by atoms with Crippen LogP contribution >= 0.6 is 0 Å². The van der Waals surface area contributed by atoms with E-state index in [1.807, 2.05) is 39.0 Å². The number of rotatable bonds is 5. The second-order valence-corrected chi connectivity index (χ2v) is 5.08. The first-order valence-corrected chi connectivity index (χ1v) is 7.57. The van der Waals surface area contributed by atoms with Gasteiger partial charge in [0.15, 0.2) is 11.4 Å². The molecule has 122 valence electrons. The monoisotopic (exact) mass is 315 g/mol. The average molecular weight is 315 g/mol. The van der Waals surface area contributed by atoms with Gasteiger partial charge in [-0.3, -0.25) is 9.59 Å². The summed E-state index contributed by atoms with van der Waals surface area (Å²) in [7, 11) is 1.42. The Hall–Kier alpha value is -2.63. The molecule has 0 aliphatic carbocycles. The van der Waals surface area contributed by atoms with E-state index in [2.05, 4.69) is 5.10 Å². The molecule has 23 heavy (non-hydrogen) atoms. The number of amides is 1. The molecular formula is C17H21N3O3. The number of hydrogen-bond acceptors (Lipinski definition) is 4. The predicted molar refractivity (Wildman–Crippen MR) is 88.4 cm³/mol. The molecule has 1 heterocycles. The van der Waals surface area contributed by atoms with E-state index in [0.717, 1.165) is 5.56 Å². The highest BCUT2D eigenvalue weighted by molar-refractivity contribution is 5.94. The lowest BCUT2D eigenvalue weighted by molar-refractivity contribution is 0.0761. The van der Waals surface area contributed by atoms with E-state index < -0.39 is 0 Å². The maximum Gasteiger partial charge on any atom is 0.278 e. The lowest BCUT2D eigenvalue weighted by atomic mass is 10.2. The van der Waals surface area contributed by atoms with Gasteiger partial charge < -0.3 is 9.64 Å². The van der Waals surface area contributed by atoms with Crippen LogP contribution in [0.3, 0.4) is 0 Å². The molecule has 0 aliphatic rings. The zero-order valence-corrected chi connectivity index (χ0v) is 13.9. The van der Waals surface area contributed by atoms with Crippen LogP contribution in [0.1, 0.15) is 29.9 Å². The highest BCUT2D eigenvalue weighted by Crippen LogP contribution is 2.17. The lowest BCUT2D eigenvalue weighted by Gasteiger charge is -2.20. The van der Waals surface area contributed by atoms with E-state index in [1.54, 1.807) is 11.0 Å². The summed E-state index contributed by atoms with van der Waals surface area (Å²) in [4.78, 5) is 26.6. The maximum absolute atomic E-state index is 12.6. The quantitative estimate of drug-likeness (QED) is 0.847. The molecule has 2 rings (SSSR count). The van der Waals surface area contributed by atoms with Crippen molar-refractivity contribution in [3.8, 4) is 11.4 Å². The fourth-order valence-corrected chi connectivity index (χ4v) is 2.38. The molecule has 0 aliphatic heterocycles. The number of benzene rings is 1. The molecule has 2 aromatic rings. The Morgan fingerprint density at radius 1 is 1.26 bits per heavy atom. The summed E-state index contributed by atoms with van der Waals surface area (Å²) in [5.41, 5.74) is 1.34. The first-order chi connectivity index (χ1) is 11.0. The van der Waals surface area contributed by atoms with Crippen LogP contribution in [0.4, 0.5) is 0 Å². The summed E-state index contributed by atoms with van der Waals surface area (Å²) in [5, 5.41) is 4.28. The molecule has 1 aromatic heterocycles. The molecule has 0 spiro atoms. The highest BCUT2D eigenvalue weighted by atomic mass is 16.5. The Morgan fingerprint density at radius 3 is 2.48 bits per heavy atom. The van der Waals surface area contributed by atoms with Gasteiger partial charge >= 0.3 is 0 Å². The summed E-state index contributed by atoms with van der Waals surface area (Å²) in [6.45, 7) is 6.80. The summed E-state index contributed by atoms with van der Waals surface area (Å²) in [6, 6.07) is 8.69. The normalized spacial score (nSPS) is 10.4. The van der Waals surface area contributed by atoms with Crippen LogP contribution in [0, 0.1) is 6.92 Å². The molecule has 0 atom stereocenters. The Morgan fingerprint density at radius 2 is 1.91 bits per heavy atom. The number of aryl methyl sites for hydroxylation is 1. The number of ether oxygens (including phenoxy) is 1. The van der Waals surface area contributed by atoms with Gasteiger partial charge in [0.05, 0.1) is 18.9 Å². The predicted octanol–water partition coefficient (Wildman–Crippen LogP) is 2.03. The molecule has 0 saturated heterocycles. The molecular weight excluding hydrogens is 294 g/mol. The molecule has 0 saturated carbocycles.